The van der Waals surface area contributed by atoms with Crippen molar-refractivity contribution in [3.8, 4) is 5.88 Å². The van der Waals surface area contributed by atoms with E-state index >= 15 is 0 Å². The lowest BCUT2D eigenvalue weighted by Crippen LogP contribution is -2.20. The Morgan fingerprint density at radius 3 is 2.90 bits per heavy atom. The number of imidazole rings is 1. The number of rotatable bonds is 5. The first-order valence-electron chi connectivity index (χ1n) is 9.60. The van der Waals surface area contributed by atoms with Gasteiger partial charge in [-0.05, 0) is 36.6 Å². The zero-order chi connectivity index (χ0) is 21.5. The van der Waals surface area contributed by atoms with Crippen molar-refractivity contribution in [2.45, 2.75) is 25.4 Å². The molecule has 158 valence electrons. The van der Waals surface area contributed by atoms with Crippen molar-refractivity contribution in [1.29, 1.82) is 0 Å². The van der Waals surface area contributed by atoms with Crippen molar-refractivity contribution < 1.29 is 9.50 Å². The van der Waals surface area contributed by atoms with E-state index in [1.54, 1.807) is 22.9 Å². The Balaban J connectivity index is 1.58. The Hall–Kier alpha value is -3.47. The predicted molar refractivity (Wildman–Crippen MR) is 115 cm³/mol. The van der Waals surface area contributed by atoms with E-state index in [1.807, 2.05) is 6.07 Å². The molecule has 0 unspecified atom stereocenters. The normalized spacial score (nSPS) is 15.2. The number of benzene rings is 1. The number of anilines is 1. The lowest BCUT2D eigenvalue weighted by atomic mass is 10.2. The minimum Gasteiger partial charge on any atom is -0.493 e. The topological polar surface area (TPSA) is 123 Å². The van der Waals surface area contributed by atoms with Crippen LogP contribution in [0.3, 0.4) is 0 Å². The molecule has 0 radical (unpaired) electrons. The number of aromatic nitrogens is 5. The molecule has 1 fully saturated rings. The summed E-state index contributed by atoms with van der Waals surface area (Å²) in [6, 6.07) is 6.60. The number of H-pyrrole nitrogens is 2. The standard InChI is InChI=1S/C20H17BrFN7O2/c21-14-6-12(22)2-1-10(14)8-23-16-7-17(25-13-3-4-13)29-18(27-16)11(9-24-29)5-15-19(30)28-20(31)26-15/h1-2,5-7,9,13,23,30H,3-4,8H2,(H2,26,28,31). The minimum atomic E-state index is -0.509. The second-order valence-electron chi connectivity index (χ2n) is 7.27. The molecule has 1 aliphatic carbocycles. The van der Waals surface area contributed by atoms with Crippen LogP contribution in [0.2, 0.25) is 0 Å². The molecule has 0 bridgehead atoms. The van der Waals surface area contributed by atoms with E-state index in [-0.39, 0.29) is 23.4 Å². The van der Waals surface area contributed by atoms with E-state index in [1.165, 1.54) is 12.1 Å². The van der Waals surface area contributed by atoms with Gasteiger partial charge >= 0.3 is 5.69 Å². The summed E-state index contributed by atoms with van der Waals surface area (Å²) in [5.41, 5.74) is 1.77. The minimum absolute atomic E-state index is 0.232. The Bertz CT molecular complexity index is 1470. The molecule has 3 aromatic heterocycles. The summed E-state index contributed by atoms with van der Waals surface area (Å²) >= 11 is 3.37. The Morgan fingerprint density at radius 2 is 2.19 bits per heavy atom. The highest BCUT2D eigenvalue weighted by molar-refractivity contribution is 9.10. The van der Waals surface area contributed by atoms with Crippen LogP contribution in [0.15, 0.2) is 44.7 Å². The van der Waals surface area contributed by atoms with Gasteiger partial charge in [0, 0.05) is 22.3 Å². The van der Waals surface area contributed by atoms with Crippen molar-refractivity contribution in [1.82, 2.24) is 24.6 Å². The third-order valence-electron chi connectivity index (χ3n) is 4.85. The van der Waals surface area contributed by atoms with Gasteiger partial charge in [0.2, 0.25) is 5.88 Å². The van der Waals surface area contributed by atoms with E-state index in [4.69, 9.17) is 4.99 Å². The van der Waals surface area contributed by atoms with Gasteiger partial charge in [0.05, 0.1) is 12.2 Å². The molecule has 3 heterocycles. The van der Waals surface area contributed by atoms with Crippen LogP contribution in [0.1, 0.15) is 24.1 Å². The number of nitrogens with zero attached hydrogens (tertiary/aromatic N) is 4. The van der Waals surface area contributed by atoms with Crippen molar-refractivity contribution in [3.63, 3.8) is 0 Å². The summed E-state index contributed by atoms with van der Waals surface area (Å²) in [4.78, 5) is 25.6. The molecule has 4 aromatic rings. The van der Waals surface area contributed by atoms with E-state index in [0.717, 1.165) is 18.4 Å². The zero-order valence-corrected chi connectivity index (χ0v) is 17.6. The highest BCUT2D eigenvalue weighted by atomic mass is 79.9. The van der Waals surface area contributed by atoms with Crippen molar-refractivity contribution >= 4 is 33.5 Å². The van der Waals surface area contributed by atoms with E-state index in [9.17, 15) is 14.3 Å². The molecule has 9 nitrogen and oxygen atoms in total. The maximum atomic E-state index is 13.4. The first-order chi connectivity index (χ1) is 15.0. The van der Waals surface area contributed by atoms with Crippen LogP contribution in [0.25, 0.3) is 11.7 Å². The molecule has 0 spiro atoms. The summed E-state index contributed by atoms with van der Waals surface area (Å²) in [5, 5.41) is 18.1. The first kappa shape index (κ1) is 19.5. The molecule has 0 aliphatic heterocycles. The van der Waals surface area contributed by atoms with Crippen molar-refractivity contribution in [2.75, 3.05) is 5.32 Å². The van der Waals surface area contributed by atoms with E-state index < -0.39 is 5.69 Å². The zero-order valence-electron chi connectivity index (χ0n) is 16.1. The fourth-order valence-corrected chi connectivity index (χ4v) is 3.63. The summed E-state index contributed by atoms with van der Waals surface area (Å²) in [7, 11) is 0. The second-order valence-corrected chi connectivity index (χ2v) is 8.12. The number of nitrogens with one attached hydrogen (secondary N) is 3. The fourth-order valence-electron chi connectivity index (χ4n) is 3.14. The third-order valence-corrected chi connectivity index (χ3v) is 5.59. The average molecular weight is 486 g/mol. The van der Waals surface area contributed by atoms with Crippen LogP contribution in [0.4, 0.5) is 10.2 Å². The summed E-state index contributed by atoms with van der Waals surface area (Å²) in [6.45, 7) is 0.423. The van der Waals surface area contributed by atoms with Gasteiger partial charge in [0.15, 0.2) is 11.1 Å². The summed E-state index contributed by atoms with van der Waals surface area (Å²) in [6.07, 6.45) is 5.25. The maximum Gasteiger partial charge on any atom is 0.326 e. The number of hydrogen-bond donors (Lipinski definition) is 4. The third kappa shape index (κ3) is 4.08. The molecule has 1 saturated carbocycles. The number of halogens is 2. The number of hydrogen-bond acceptors (Lipinski definition) is 6. The summed E-state index contributed by atoms with van der Waals surface area (Å²) < 4.78 is 15.6. The van der Waals surface area contributed by atoms with E-state index in [0.29, 0.717) is 33.2 Å². The molecule has 1 aromatic carbocycles. The monoisotopic (exact) mass is 485 g/mol. The fraction of sp³-hybridized carbons (Fsp3) is 0.200. The maximum absolute atomic E-state index is 13.4. The van der Waals surface area contributed by atoms with Crippen LogP contribution in [-0.4, -0.2) is 35.7 Å². The number of aromatic hydroxyl groups is 1. The molecule has 1 aliphatic rings. The molecular weight excluding hydrogens is 469 g/mol. The van der Waals surface area contributed by atoms with Gasteiger partial charge in [-0.2, -0.15) is 9.61 Å². The average Bonchev–Trinajstić information content (AvgIpc) is 3.36. The number of fused-ring (bicyclic) bond motifs is 1. The summed E-state index contributed by atoms with van der Waals surface area (Å²) in [5.74, 6) is -0.00100. The highest BCUT2D eigenvalue weighted by Crippen LogP contribution is 2.23. The van der Waals surface area contributed by atoms with Gasteiger partial charge in [-0.25, -0.2) is 14.2 Å². The molecule has 4 N–H and O–H groups in total. The predicted octanol–water partition coefficient (Wildman–Crippen LogP) is 1.58. The van der Waals surface area contributed by atoms with Crippen LogP contribution < -0.4 is 21.7 Å². The lowest BCUT2D eigenvalue weighted by molar-refractivity contribution is 0.454. The second kappa shape index (κ2) is 7.65. The van der Waals surface area contributed by atoms with Gasteiger partial charge < -0.3 is 15.4 Å². The largest absolute Gasteiger partial charge is 0.493 e. The Kier molecular flexibility index (Phi) is 4.81. The molecule has 11 heteroatoms. The molecule has 0 saturated heterocycles. The smallest absolute Gasteiger partial charge is 0.326 e. The molecular formula is C20H17BrFN7O2. The number of aromatic amines is 2. The highest BCUT2D eigenvalue weighted by Gasteiger charge is 2.20. The Morgan fingerprint density at radius 1 is 1.35 bits per heavy atom. The van der Waals surface area contributed by atoms with Crippen LogP contribution in [0, 0.1) is 5.82 Å². The van der Waals surface area contributed by atoms with Gasteiger partial charge in [-0.15, -0.1) is 0 Å². The van der Waals surface area contributed by atoms with Crippen LogP contribution in [-0.2, 0) is 6.54 Å². The van der Waals surface area contributed by atoms with Crippen molar-refractivity contribution in [2.24, 2.45) is 4.99 Å². The van der Waals surface area contributed by atoms with Gasteiger partial charge in [0.1, 0.15) is 17.3 Å². The van der Waals surface area contributed by atoms with Gasteiger partial charge in [-0.1, -0.05) is 22.0 Å². The molecule has 5 rings (SSSR count). The molecule has 0 amide bonds. The quantitative estimate of drug-likeness (QED) is 0.341. The Labute approximate surface area is 182 Å². The van der Waals surface area contributed by atoms with Crippen LogP contribution >= 0.6 is 15.9 Å². The van der Waals surface area contributed by atoms with Crippen LogP contribution in [0.5, 0.6) is 5.88 Å². The van der Waals surface area contributed by atoms with Gasteiger partial charge in [-0.3, -0.25) is 9.98 Å². The molecule has 0 atom stereocenters. The van der Waals surface area contributed by atoms with Crippen molar-refractivity contribution in [3.05, 3.63) is 73.2 Å². The van der Waals surface area contributed by atoms with Gasteiger partial charge in [0.25, 0.3) is 0 Å². The lowest BCUT2D eigenvalue weighted by Gasteiger charge is -2.08. The molecule has 31 heavy (non-hydrogen) atoms. The SMILES string of the molecule is O=c1[nH]c(O)c(C=c2cnn3c(=NC4CC4)cc(NCc4ccc(F)cc4Br)nc23)[nH]1. The van der Waals surface area contributed by atoms with E-state index in [2.05, 4.69) is 41.3 Å². The first-order valence-corrected chi connectivity index (χ1v) is 10.4.